The van der Waals surface area contributed by atoms with Crippen molar-refractivity contribution >= 4 is 5.91 Å². The van der Waals surface area contributed by atoms with Crippen molar-refractivity contribution in [2.45, 2.75) is 6.42 Å². The predicted molar refractivity (Wildman–Crippen MR) is 40.8 cm³/mol. The van der Waals surface area contributed by atoms with Crippen LogP contribution in [0.1, 0.15) is 6.42 Å². The van der Waals surface area contributed by atoms with Gasteiger partial charge in [-0.25, -0.2) is 0 Å². The van der Waals surface area contributed by atoms with Gasteiger partial charge in [0.05, 0.1) is 12.3 Å². The number of aliphatic hydroxyl groups excluding tert-OH is 1. The molecule has 0 unspecified atom stereocenters. The van der Waals surface area contributed by atoms with Crippen molar-refractivity contribution in [2.75, 3.05) is 19.7 Å². The molecule has 0 saturated carbocycles. The van der Waals surface area contributed by atoms with Crippen LogP contribution >= 0.6 is 0 Å². The standard InChI is InChI=1S/C7H12N2O2/c10-5-4-8-6-2-1-3-9-7(6)11/h2,8,10H,1,3-5H2,(H,9,11). The molecule has 0 atom stereocenters. The normalized spacial score (nSPS) is 17.2. The Morgan fingerprint density at radius 1 is 1.73 bits per heavy atom. The van der Waals surface area contributed by atoms with E-state index in [1.54, 1.807) is 0 Å². The van der Waals surface area contributed by atoms with Gasteiger partial charge in [0.25, 0.3) is 5.91 Å². The summed E-state index contributed by atoms with van der Waals surface area (Å²) in [6.07, 6.45) is 2.70. The third kappa shape index (κ3) is 2.23. The van der Waals surface area contributed by atoms with Gasteiger partial charge in [-0.3, -0.25) is 4.79 Å². The highest BCUT2D eigenvalue weighted by molar-refractivity contribution is 5.93. The van der Waals surface area contributed by atoms with Crippen LogP contribution in [-0.4, -0.2) is 30.7 Å². The molecule has 1 aliphatic rings. The summed E-state index contributed by atoms with van der Waals surface area (Å²) in [6, 6.07) is 0. The van der Waals surface area contributed by atoms with Gasteiger partial charge in [0.2, 0.25) is 0 Å². The van der Waals surface area contributed by atoms with Crippen molar-refractivity contribution < 1.29 is 9.90 Å². The molecule has 3 N–H and O–H groups in total. The second kappa shape index (κ2) is 3.98. The molecule has 62 valence electrons. The SMILES string of the molecule is O=C1NCCC=C1NCCO. The number of carbonyl (C=O) groups excluding carboxylic acids is 1. The maximum atomic E-state index is 11.0. The molecule has 0 aromatic carbocycles. The number of nitrogens with one attached hydrogen (secondary N) is 2. The fourth-order valence-corrected chi connectivity index (χ4v) is 0.933. The van der Waals surface area contributed by atoms with Gasteiger partial charge in [0, 0.05) is 13.1 Å². The molecule has 1 rings (SSSR count). The summed E-state index contributed by atoms with van der Waals surface area (Å²) in [7, 11) is 0. The van der Waals surface area contributed by atoms with Crippen molar-refractivity contribution in [1.82, 2.24) is 10.6 Å². The Morgan fingerprint density at radius 3 is 3.18 bits per heavy atom. The molecule has 1 heterocycles. The lowest BCUT2D eigenvalue weighted by Gasteiger charge is -2.14. The van der Waals surface area contributed by atoms with Crippen molar-refractivity contribution in [1.29, 1.82) is 0 Å². The molecular weight excluding hydrogens is 144 g/mol. The zero-order valence-corrected chi connectivity index (χ0v) is 6.26. The summed E-state index contributed by atoms with van der Waals surface area (Å²) < 4.78 is 0. The van der Waals surface area contributed by atoms with E-state index in [1.165, 1.54) is 0 Å². The average Bonchev–Trinajstić information content (AvgIpc) is 2.03. The van der Waals surface area contributed by atoms with E-state index in [0.717, 1.165) is 6.42 Å². The van der Waals surface area contributed by atoms with E-state index in [1.807, 2.05) is 6.08 Å². The molecule has 0 aliphatic carbocycles. The molecule has 4 heteroatoms. The summed E-state index contributed by atoms with van der Waals surface area (Å²) in [5.41, 5.74) is 0.574. The smallest absolute Gasteiger partial charge is 0.267 e. The van der Waals surface area contributed by atoms with Gasteiger partial charge in [-0.05, 0) is 6.42 Å². The largest absolute Gasteiger partial charge is 0.395 e. The highest BCUT2D eigenvalue weighted by Gasteiger charge is 2.10. The summed E-state index contributed by atoms with van der Waals surface area (Å²) in [5.74, 6) is -0.0790. The number of rotatable bonds is 3. The lowest BCUT2D eigenvalue weighted by Crippen LogP contribution is -2.36. The van der Waals surface area contributed by atoms with Gasteiger partial charge in [-0.15, -0.1) is 0 Å². The Balaban J connectivity index is 2.41. The molecule has 0 radical (unpaired) electrons. The average molecular weight is 156 g/mol. The number of amides is 1. The highest BCUT2D eigenvalue weighted by atomic mass is 16.3. The molecule has 11 heavy (non-hydrogen) atoms. The number of aliphatic hydroxyl groups is 1. The first kappa shape index (κ1) is 8.07. The van der Waals surface area contributed by atoms with Crippen molar-refractivity contribution in [3.05, 3.63) is 11.8 Å². The van der Waals surface area contributed by atoms with Crippen LogP contribution in [0.3, 0.4) is 0 Å². The van der Waals surface area contributed by atoms with Gasteiger partial charge in [-0.2, -0.15) is 0 Å². The van der Waals surface area contributed by atoms with Gasteiger partial charge in [0.1, 0.15) is 0 Å². The fourth-order valence-electron chi connectivity index (χ4n) is 0.933. The molecule has 1 amide bonds. The van der Waals surface area contributed by atoms with Gasteiger partial charge in [0.15, 0.2) is 0 Å². The van der Waals surface area contributed by atoms with Gasteiger partial charge in [-0.1, -0.05) is 6.08 Å². The molecule has 1 aliphatic heterocycles. The molecule has 0 fully saturated rings. The fraction of sp³-hybridized carbons (Fsp3) is 0.571. The van der Waals surface area contributed by atoms with Crippen LogP contribution in [0, 0.1) is 0 Å². The molecule has 4 nitrogen and oxygen atoms in total. The Kier molecular flexibility index (Phi) is 2.92. The Morgan fingerprint density at radius 2 is 2.55 bits per heavy atom. The predicted octanol–water partition coefficient (Wildman–Crippen LogP) is -1.03. The maximum Gasteiger partial charge on any atom is 0.267 e. The van der Waals surface area contributed by atoms with E-state index >= 15 is 0 Å². The third-order valence-corrected chi connectivity index (χ3v) is 1.45. The minimum Gasteiger partial charge on any atom is -0.395 e. The van der Waals surface area contributed by atoms with Gasteiger partial charge < -0.3 is 15.7 Å². The van der Waals surface area contributed by atoms with E-state index in [-0.39, 0.29) is 12.5 Å². The minimum absolute atomic E-state index is 0.0463. The molecule has 0 spiro atoms. The second-order valence-electron chi connectivity index (χ2n) is 2.31. The zero-order chi connectivity index (χ0) is 8.10. The summed E-state index contributed by atoms with van der Waals surface area (Å²) in [5, 5.41) is 14.0. The number of hydrogen-bond donors (Lipinski definition) is 3. The quantitative estimate of drug-likeness (QED) is 0.489. The second-order valence-corrected chi connectivity index (χ2v) is 2.31. The number of carbonyl (C=O) groups is 1. The molecule has 0 aromatic heterocycles. The topological polar surface area (TPSA) is 61.4 Å². The summed E-state index contributed by atoms with van der Waals surface area (Å²) in [6.45, 7) is 1.19. The van der Waals surface area contributed by atoms with Crippen LogP contribution in [0.15, 0.2) is 11.8 Å². The van der Waals surface area contributed by atoms with E-state index in [0.29, 0.717) is 18.8 Å². The van der Waals surface area contributed by atoms with E-state index in [4.69, 9.17) is 5.11 Å². The lowest BCUT2D eigenvalue weighted by atomic mass is 10.2. The third-order valence-electron chi connectivity index (χ3n) is 1.45. The highest BCUT2D eigenvalue weighted by Crippen LogP contribution is 1.97. The molecular formula is C7H12N2O2. The number of hydrogen-bond acceptors (Lipinski definition) is 3. The monoisotopic (exact) mass is 156 g/mol. The molecule has 0 bridgehead atoms. The van der Waals surface area contributed by atoms with Crippen molar-refractivity contribution in [2.24, 2.45) is 0 Å². The lowest BCUT2D eigenvalue weighted by molar-refractivity contribution is -0.118. The van der Waals surface area contributed by atoms with E-state index < -0.39 is 0 Å². The van der Waals surface area contributed by atoms with Crippen molar-refractivity contribution in [3.63, 3.8) is 0 Å². The first-order valence-corrected chi connectivity index (χ1v) is 3.67. The molecule has 0 aromatic rings. The van der Waals surface area contributed by atoms with Crippen LogP contribution in [0.4, 0.5) is 0 Å². The van der Waals surface area contributed by atoms with Crippen molar-refractivity contribution in [3.8, 4) is 0 Å². The van der Waals surface area contributed by atoms with Gasteiger partial charge >= 0.3 is 0 Å². The van der Waals surface area contributed by atoms with Crippen LogP contribution in [-0.2, 0) is 4.79 Å². The zero-order valence-electron chi connectivity index (χ0n) is 6.26. The van der Waals surface area contributed by atoms with E-state index in [2.05, 4.69) is 10.6 Å². The van der Waals surface area contributed by atoms with Crippen LogP contribution in [0.2, 0.25) is 0 Å². The first-order valence-electron chi connectivity index (χ1n) is 3.67. The van der Waals surface area contributed by atoms with E-state index in [9.17, 15) is 4.79 Å². The summed E-state index contributed by atoms with van der Waals surface area (Å²) in [4.78, 5) is 11.0. The molecule has 0 saturated heterocycles. The Bertz CT molecular complexity index is 177. The minimum atomic E-state index is -0.0790. The summed E-state index contributed by atoms with van der Waals surface area (Å²) >= 11 is 0. The van der Waals surface area contributed by atoms with Crippen LogP contribution in [0.25, 0.3) is 0 Å². The van der Waals surface area contributed by atoms with Crippen LogP contribution < -0.4 is 10.6 Å². The first-order chi connectivity index (χ1) is 5.34. The Labute approximate surface area is 65.3 Å². The maximum absolute atomic E-state index is 11.0. The Hall–Kier alpha value is -1.03. The van der Waals surface area contributed by atoms with Crippen LogP contribution in [0.5, 0.6) is 0 Å².